The SMILES string of the molecule is [C-]#[N+]c1c(-c2c(-c3cc(Cl)c4c(=O)[nH]nc(CN)c4c3)cnn2C)sc2ccccc12. The van der Waals surface area contributed by atoms with Crippen molar-refractivity contribution >= 4 is 49.5 Å². The molecule has 0 amide bonds. The Morgan fingerprint density at radius 3 is 2.87 bits per heavy atom. The van der Waals surface area contributed by atoms with Gasteiger partial charge in [0.2, 0.25) is 5.69 Å². The number of nitrogens with zero attached hydrogens (tertiary/aromatic N) is 4. The van der Waals surface area contributed by atoms with Crippen LogP contribution in [-0.4, -0.2) is 20.0 Å². The molecule has 0 saturated heterocycles. The third-order valence-corrected chi connectivity index (χ3v) is 6.72. The lowest BCUT2D eigenvalue weighted by atomic mass is 10.0. The van der Waals surface area contributed by atoms with Crippen molar-refractivity contribution in [1.82, 2.24) is 20.0 Å². The highest BCUT2D eigenvalue weighted by Crippen LogP contribution is 2.47. The van der Waals surface area contributed by atoms with E-state index in [4.69, 9.17) is 23.9 Å². The molecule has 3 aromatic heterocycles. The Kier molecular flexibility index (Phi) is 4.59. The molecule has 31 heavy (non-hydrogen) atoms. The van der Waals surface area contributed by atoms with Gasteiger partial charge in [-0.05, 0) is 29.1 Å². The minimum Gasteiger partial charge on any atom is -0.325 e. The first-order valence-corrected chi connectivity index (χ1v) is 10.6. The summed E-state index contributed by atoms with van der Waals surface area (Å²) in [6.07, 6.45) is 1.74. The maximum absolute atomic E-state index is 12.3. The van der Waals surface area contributed by atoms with Crippen LogP contribution in [0.4, 0.5) is 5.69 Å². The summed E-state index contributed by atoms with van der Waals surface area (Å²) in [5.41, 5.74) is 9.01. The summed E-state index contributed by atoms with van der Waals surface area (Å²) in [5.74, 6) is 0. The Morgan fingerprint density at radius 1 is 1.29 bits per heavy atom. The quantitative estimate of drug-likeness (QED) is 0.386. The number of hydrogen-bond acceptors (Lipinski definition) is 5. The molecule has 0 spiro atoms. The van der Waals surface area contributed by atoms with Crippen LogP contribution in [-0.2, 0) is 13.6 Å². The highest BCUT2D eigenvalue weighted by molar-refractivity contribution is 7.23. The number of thiophene rings is 1. The number of benzene rings is 2. The summed E-state index contributed by atoms with van der Waals surface area (Å²) < 4.78 is 2.79. The van der Waals surface area contributed by atoms with Gasteiger partial charge in [0.15, 0.2) is 0 Å². The normalized spacial score (nSPS) is 11.3. The van der Waals surface area contributed by atoms with E-state index in [0.29, 0.717) is 27.2 Å². The van der Waals surface area contributed by atoms with E-state index < -0.39 is 0 Å². The van der Waals surface area contributed by atoms with Gasteiger partial charge in [-0.3, -0.25) is 9.48 Å². The van der Waals surface area contributed by atoms with E-state index in [0.717, 1.165) is 31.8 Å². The molecule has 7 nitrogen and oxygen atoms in total. The van der Waals surface area contributed by atoms with Crippen LogP contribution in [0.2, 0.25) is 5.02 Å². The summed E-state index contributed by atoms with van der Waals surface area (Å²) in [7, 11) is 1.84. The highest BCUT2D eigenvalue weighted by atomic mass is 35.5. The van der Waals surface area contributed by atoms with Crippen molar-refractivity contribution in [2.24, 2.45) is 12.8 Å². The lowest BCUT2D eigenvalue weighted by Gasteiger charge is -2.10. The molecule has 0 aliphatic carbocycles. The van der Waals surface area contributed by atoms with Crippen LogP contribution in [0, 0.1) is 6.57 Å². The second kappa shape index (κ2) is 7.32. The van der Waals surface area contributed by atoms with Crippen LogP contribution in [0.25, 0.3) is 47.4 Å². The molecule has 0 aliphatic rings. The summed E-state index contributed by atoms with van der Waals surface area (Å²) in [6.45, 7) is 7.93. The molecule has 3 heterocycles. The smallest absolute Gasteiger partial charge is 0.273 e. The van der Waals surface area contributed by atoms with Gasteiger partial charge in [-0.1, -0.05) is 29.8 Å². The van der Waals surface area contributed by atoms with E-state index in [2.05, 4.69) is 20.1 Å². The molecule has 5 aromatic rings. The summed E-state index contributed by atoms with van der Waals surface area (Å²) >= 11 is 8.06. The van der Waals surface area contributed by atoms with Gasteiger partial charge in [0, 0.05) is 29.2 Å². The fraction of sp³-hybridized carbons (Fsp3) is 0.0909. The largest absolute Gasteiger partial charge is 0.325 e. The zero-order valence-corrected chi connectivity index (χ0v) is 17.9. The third kappa shape index (κ3) is 2.94. The zero-order chi connectivity index (χ0) is 21.7. The van der Waals surface area contributed by atoms with E-state index in [9.17, 15) is 4.79 Å². The first-order valence-electron chi connectivity index (χ1n) is 9.36. The maximum atomic E-state index is 12.3. The average molecular weight is 447 g/mol. The van der Waals surface area contributed by atoms with Gasteiger partial charge >= 0.3 is 0 Å². The summed E-state index contributed by atoms with van der Waals surface area (Å²) in [6, 6.07) is 11.5. The predicted molar refractivity (Wildman–Crippen MR) is 125 cm³/mol. The summed E-state index contributed by atoms with van der Waals surface area (Å²) in [5, 5.41) is 13.1. The number of aromatic nitrogens is 4. The third-order valence-electron chi connectivity index (χ3n) is 5.26. The number of aromatic amines is 1. The lowest BCUT2D eigenvalue weighted by Crippen LogP contribution is -2.13. The molecular formula is C22H15ClN6OS. The van der Waals surface area contributed by atoms with Crippen LogP contribution < -0.4 is 11.3 Å². The topological polar surface area (TPSA) is 93.9 Å². The number of H-pyrrole nitrogens is 1. The summed E-state index contributed by atoms with van der Waals surface area (Å²) in [4.78, 5) is 17.0. The minimum atomic E-state index is -0.366. The van der Waals surface area contributed by atoms with Gasteiger partial charge in [0.25, 0.3) is 5.56 Å². The first-order chi connectivity index (χ1) is 15.0. The minimum absolute atomic E-state index is 0.158. The van der Waals surface area contributed by atoms with Gasteiger partial charge in [-0.25, -0.2) is 9.94 Å². The molecule has 5 rings (SSSR count). The number of halogens is 1. The second-order valence-electron chi connectivity index (χ2n) is 7.00. The molecule has 152 valence electrons. The molecule has 0 bridgehead atoms. The van der Waals surface area contributed by atoms with Gasteiger partial charge in [-0.15, -0.1) is 11.3 Å². The maximum Gasteiger partial charge on any atom is 0.273 e. The Morgan fingerprint density at radius 2 is 2.10 bits per heavy atom. The first kappa shape index (κ1) is 19.5. The van der Waals surface area contributed by atoms with Crippen LogP contribution in [0.3, 0.4) is 0 Å². The lowest BCUT2D eigenvalue weighted by molar-refractivity contribution is 0.777. The number of hydrogen-bond donors (Lipinski definition) is 2. The molecule has 0 unspecified atom stereocenters. The average Bonchev–Trinajstić information content (AvgIpc) is 3.33. The molecule has 0 radical (unpaired) electrons. The van der Waals surface area contributed by atoms with Crippen molar-refractivity contribution < 1.29 is 0 Å². The number of fused-ring (bicyclic) bond motifs is 2. The van der Waals surface area contributed by atoms with Gasteiger partial charge < -0.3 is 5.73 Å². The van der Waals surface area contributed by atoms with Crippen LogP contribution >= 0.6 is 22.9 Å². The molecule has 2 aromatic carbocycles. The highest BCUT2D eigenvalue weighted by Gasteiger charge is 2.22. The van der Waals surface area contributed by atoms with Gasteiger partial charge in [-0.2, -0.15) is 10.2 Å². The molecule has 0 saturated carbocycles. The van der Waals surface area contributed by atoms with Crippen molar-refractivity contribution in [3.05, 3.63) is 75.1 Å². The van der Waals surface area contributed by atoms with E-state index >= 15 is 0 Å². The molecule has 0 atom stereocenters. The van der Waals surface area contributed by atoms with Gasteiger partial charge in [0.1, 0.15) is 0 Å². The van der Waals surface area contributed by atoms with E-state index in [-0.39, 0.29) is 12.1 Å². The Bertz CT molecular complexity index is 1590. The van der Waals surface area contributed by atoms with Crippen molar-refractivity contribution in [2.45, 2.75) is 6.54 Å². The van der Waals surface area contributed by atoms with Crippen LogP contribution in [0.15, 0.2) is 47.4 Å². The van der Waals surface area contributed by atoms with Crippen molar-refractivity contribution in [1.29, 1.82) is 0 Å². The zero-order valence-electron chi connectivity index (χ0n) is 16.3. The molecule has 3 N–H and O–H groups in total. The van der Waals surface area contributed by atoms with Gasteiger partial charge in [0.05, 0.1) is 39.4 Å². The van der Waals surface area contributed by atoms with E-state index in [1.807, 2.05) is 37.4 Å². The molecule has 0 fully saturated rings. The number of nitrogens with two attached hydrogens (primary N) is 1. The molecule has 0 aliphatic heterocycles. The van der Waals surface area contributed by atoms with E-state index in [1.54, 1.807) is 28.3 Å². The number of aryl methyl sites for hydroxylation is 1. The van der Waals surface area contributed by atoms with Crippen molar-refractivity contribution in [3.63, 3.8) is 0 Å². The fourth-order valence-electron chi connectivity index (χ4n) is 3.83. The number of rotatable bonds is 3. The standard InChI is InChI=1S/C22H15ClN6OS/c1-25-19-12-5-3-4-6-17(12)31-21(19)20-14(10-26-29(20)2)11-7-13-16(9-24)27-28-22(30)18(13)15(23)8-11/h3-8,10H,9,24H2,2H3,(H,28,30). The van der Waals surface area contributed by atoms with Crippen molar-refractivity contribution in [2.75, 3.05) is 0 Å². The predicted octanol–water partition coefficient (Wildman–Crippen LogP) is 4.87. The van der Waals surface area contributed by atoms with Crippen molar-refractivity contribution in [3.8, 4) is 21.7 Å². The second-order valence-corrected chi connectivity index (χ2v) is 8.46. The van der Waals surface area contributed by atoms with Crippen LogP contribution in [0.1, 0.15) is 5.69 Å². The molecular weight excluding hydrogens is 432 g/mol. The van der Waals surface area contributed by atoms with Crippen LogP contribution in [0.5, 0.6) is 0 Å². The van der Waals surface area contributed by atoms with E-state index in [1.165, 1.54) is 0 Å². The Balaban J connectivity index is 1.82. The molecule has 9 heteroatoms. The Labute approximate surface area is 185 Å². The number of nitrogens with one attached hydrogen (secondary N) is 1. The fourth-order valence-corrected chi connectivity index (χ4v) is 5.37. The Hall–Kier alpha value is -3.51. The monoisotopic (exact) mass is 446 g/mol.